The maximum Gasteiger partial charge on any atom is 0.334 e. The van der Waals surface area contributed by atoms with Crippen LogP contribution in [0, 0.1) is 0 Å². The summed E-state index contributed by atoms with van der Waals surface area (Å²) in [6.45, 7) is 5.16. The second kappa shape index (κ2) is 9.60. The van der Waals surface area contributed by atoms with Crippen LogP contribution in [0.5, 0.6) is 0 Å². The summed E-state index contributed by atoms with van der Waals surface area (Å²) in [5.74, 6) is -0.364. The van der Waals surface area contributed by atoms with Gasteiger partial charge in [0.1, 0.15) is 0 Å². The minimum absolute atomic E-state index is 0.0198. The van der Waals surface area contributed by atoms with Crippen molar-refractivity contribution in [3.05, 3.63) is 41.5 Å². The van der Waals surface area contributed by atoms with E-state index in [1.54, 1.807) is 25.1 Å². The number of rotatable bonds is 10. The highest BCUT2D eigenvalue weighted by Crippen LogP contribution is 2.52. The number of nitrogens with one attached hydrogen (secondary N) is 1. The lowest BCUT2D eigenvalue weighted by molar-refractivity contribution is -0.112. The van der Waals surface area contributed by atoms with E-state index in [1.165, 1.54) is 28.4 Å². The maximum absolute atomic E-state index is 12.4. The number of hydrogen-bond acceptors (Lipinski definition) is 7. The van der Waals surface area contributed by atoms with Crippen LogP contribution in [0.2, 0.25) is 0 Å². The first-order valence-corrected chi connectivity index (χ1v) is 11.1. The van der Waals surface area contributed by atoms with Crippen LogP contribution in [0.1, 0.15) is 18.1 Å². The smallest absolute Gasteiger partial charge is 0.322 e. The third kappa shape index (κ3) is 6.47. The molecule has 0 heterocycles. The third-order valence-corrected chi connectivity index (χ3v) is 7.29. The molecule has 0 radical (unpaired) electrons. The molecule has 146 valence electrons. The number of hydrogen-bond donors (Lipinski definition) is 1. The fraction of sp³-hybridized carbons (Fsp3) is 0.438. The van der Waals surface area contributed by atoms with Crippen molar-refractivity contribution >= 4 is 26.8 Å². The standard InChI is InChI=1S/C16H25NO7P2/c1-12(2)16(18)17-15-8-13(10-25(19,21-3)22-4)7-14(9-15)11-26(20,23-5)24-6/h7-9H,1,10-11H2,2-6H3,(H,17,18). The number of anilines is 1. The van der Waals surface area contributed by atoms with Gasteiger partial charge in [0.25, 0.3) is 5.91 Å². The van der Waals surface area contributed by atoms with Gasteiger partial charge in [0.05, 0.1) is 12.3 Å². The van der Waals surface area contributed by atoms with E-state index in [0.29, 0.717) is 22.4 Å². The van der Waals surface area contributed by atoms with Gasteiger partial charge in [-0.3, -0.25) is 13.9 Å². The van der Waals surface area contributed by atoms with Crippen LogP contribution in [0.25, 0.3) is 0 Å². The summed E-state index contributed by atoms with van der Waals surface area (Å²) < 4.78 is 44.7. The first-order valence-electron chi connectivity index (χ1n) is 7.61. The van der Waals surface area contributed by atoms with Crippen molar-refractivity contribution in [2.45, 2.75) is 19.2 Å². The molecule has 1 N–H and O–H groups in total. The lowest BCUT2D eigenvalue weighted by Gasteiger charge is -2.18. The van der Waals surface area contributed by atoms with Crippen molar-refractivity contribution in [1.82, 2.24) is 0 Å². The van der Waals surface area contributed by atoms with Gasteiger partial charge in [-0.05, 0) is 30.2 Å². The Labute approximate surface area is 153 Å². The Morgan fingerprint density at radius 3 is 1.62 bits per heavy atom. The summed E-state index contributed by atoms with van der Waals surface area (Å²) in [4.78, 5) is 11.9. The fourth-order valence-corrected chi connectivity index (χ4v) is 4.18. The van der Waals surface area contributed by atoms with E-state index in [0.717, 1.165) is 0 Å². The van der Waals surface area contributed by atoms with Crippen LogP contribution in [-0.4, -0.2) is 34.3 Å². The highest BCUT2D eigenvalue weighted by molar-refractivity contribution is 7.53. The molecule has 1 amide bonds. The van der Waals surface area contributed by atoms with E-state index in [9.17, 15) is 13.9 Å². The lowest BCUT2D eigenvalue weighted by Crippen LogP contribution is -2.12. The van der Waals surface area contributed by atoms with Crippen LogP contribution in [0.4, 0.5) is 5.69 Å². The van der Waals surface area contributed by atoms with Crippen molar-refractivity contribution in [3.63, 3.8) is 0 Å². The molecular formula is C16H25NO7P2. The Bertz CT molecular complexity index is 701. The average molecular weight is 405 g/mol. The van der Waals surface area contributed by atoms with Crippen molar-refractivity contribution in [1.29, 1.82) is 0 Å². The molecule has 1 rings (SSSR count). The molecule has 0 saturated carbocycles. The minimum Gasteiger partial charge on any atom is -0.322 e. The normalized spacial score (nSPS) is 12.0. The Hall–Kier alpha value is -1.27. The van der Waals surface area contributed by atoms with E-state index in [1.807, 2.05) is 0 Å². The van der Waals surface area contributed by atoms with Gasteiger partial charge in [-0.1, -0.05) is 12.6 Å². The Morgan fingerprint density at radius 2 is 1.31 bits per heavy atom. The topological polar surface area (TPSA) is 100 Å². The molecule has 0 fully saturated rings. The van der Waals surface area contributed by atoms with E-state index in [-0.39, 0.29) is 18.2 Å². The molecule has 0 aliphatic heterocycles. The van der Waals surface area contributed by atoms with Gasteiger partial charge in [-0.2, -0.15) is 0 Å². The predicted molar refractivity (Wildman–Crippen MR) is 101 cm³/mol. The fourth-order valence-electron chi connectivity index (χ4n) is 2.11. The van der Waals surface area contributed by atoms with E-state index >= 15 is 0 Å². The highest BCUT2D eigenvalue weighted by Gasteiger charge is 2.25. The largest absolute Gasteiger partial charge is 0.334 e. The summed E-state index contributed by atoms with van der Waals surface area (Å²) in [6, 6.07) is 4.96. The SMILES string of the molecule is C=C(C)C(=O)Nc1cc(CP(=O)(OC)OC)cc(CP(=O)(OC)OC)c1. The van der Waals surface area contributed by atoms with Gasteiger partial charge in [-0.15, -0.1) is 0 Å². The second-order valence-corrected chi connectivity index (χ2v) is 10.1. The number of amides is 1. The molecule has 26 heavy (non-hydrogen) atoms. The van der Waals surface area contributed by atoms with Gasteiger partial charge in [0.2, 0.25) is 0 Å². The van der Waals surface area contributed by atoms with Crippen LogP contribution in [0.15, 0.2) is 30.4 Å². The lowest BCUT2D eigenvalue weighted by atomic mass is 10.1. The third-order valence-electron chi connectivity index (χ3n) is 3.56. The molecule has 0 aromatic heterocycles. The summed E-state index contributed by atoms with van der Waals surface area (Å²) in [5.41, 5.74) is 1.91. The molecule has 0 aliphatic rings. The molecule has 1 aromatic rings. The molecule has 1 aromatic carbocycles. The monoisotopic (exact) mass is 405 g/mol. The molecule has 0 atom stereocenters. The zero-order valence-corrected chi connectivity index (χ0v) is 17.4. The van der Waals surface area contributed by atoms with Crippen LogP contribution < -0.4 is 5.32 Å². The van der Waals surface area contributed by atoms with Crippen molar-refractivity contribution in [2.24, 2.45) is 0 Å². The predicted octanol–water partition coefficient (Wildman–Crippen LogP) is 4.17. The number of carbonyl (C=O) groups is 1. The van der Waals surface area contributed by atoms with Gasteiger partial charge >= 0.3 is 15.2 Å². The van der Waals surface area contributed by atoms with E-state index in [2.05, 4.69) is 11.9 Å². The molecule has 0 saturated heterocycles. The molecular weight excluding hydrogens is 380 g/mol. The van der Waals surface area contributed by atoms with E-state index in [4.69, 9.17) is 18.1 Å². The molecule has 8 nitrogen and oxygen atoms in total. The zero-order chi connectivity index (χ0) is 20.0. The summed E-state index contributed by atoms with van der Waals surface area (Å²) in [6.07, 6.45) is -0.0396. The Balaban J connectivity index is 3.29. The second-order valence-electron chi connectivity index (χ2n) is 5.54. The van der Waals surface area contributed by atoms with Gasteiger partial charge in [-0.25, -0.2) is 0 Å². The quantitative estimate of drug-likeness (QED) is 0.461. The van der Waals surface area contributed by atoms with Gasteiger partial charge in [0.15, 0.2) is 0 Å². The Kier molecular flexibility index (Phi) is 8.41. The maximum atomic E-state index is 12.4. The average Bonchev–Trinajstić information content (AvgIpc) is 2.61. The summed E-state index contributed by atoms with van der Waals surface area (Å²) >= 11 is 0. The molecule has 10 heteroatoms. The number of benzene rings is 1. The van der Waals surface area contributed by atoms with E-state index < -0.39 is 15.2 Å². The van der Waals surface area contributed by atoms with Crippen LogP contribution in [0.3, 0.4) is 0 Å². The van der Waals surface area contributed by atoms with Gasteiger partial charge in [0, 0.05) is 39.7 Å². The highest BCUT2D eigenvalue weighted by atomic mass is 31.2. The molecule has 0 unspecified atom stereocenters. The first kappa shape index (κ1) is 22.8. The first-order chi connectivity index (χ1) is 12.1. The van der Waals surface area contributed by atoms with Crippen molar-refractivity contribution in [2.75, 3.05) is 33.8 Å². The molecule has 0 spiro atoms. The van der Waals surface area contributed by atoms with Crippen molar-refractivity contribution < 1.29 is 32.0 Å². The Morgan fingerprint density at radius 1 is 0.923 bits per heavy atom. The number of carbonyl (C=O) groups excluding carboxylic acids is 1. The molecule has 0 bridgehead atoms. The molecule has 0 aliphatic carbocycles. The van der Waals surface area contributed by atoms with Crippen molar-refractivity contribution in [3.8, 4) is 0 Å². The summed E-state index contributed by atoms with van der Waals surface area (Å²) in [5, 5.41) is 2.68. The van der Waals surface area contributed by atoms with Crippen LogP contribution in [-0.2, 0) is 44.3 Å². The summed E-state index contributed by atoms with van der Waals surface area (Å²) in [7, 11) is -1.47. The minimum atomic E-state index is -3.32. The van der Waals surface area contributed by atoms with Crippen LogP contribution >= 0.6 is 15.2 Å². The van der Waals surface area contributed by atoms with Gasteiger partial charge < -0.3 is 23.4 Å². The zero-order valence-electron chi connectivity index (χ0n) is 15.6.